The van der Waals surface area contributed by atoms with Crippen molar-refractivity contribution < 1.29 is 32.7 Å². The lowest BCUT2D eigenvalue weighted by Gasteiger charge is -2.33. The van der Waals surface area contributed by atoms with Crippen LogP contribution in [-0.2, 0) is 29.2 Å². The first-order valence-corrected chi connectivity index (χ1v) is 16.1. The number of amides is 3. The van der Waals surface area contributed by atoms with Gasteiger partial charge in [0.15, 0.2) is 5.96 Å². The minimum atomic E-state index is -4.26. The number of carboxylic acids is 1. The summed E-state index contributed by atoms with van der Waals surface area (Å²) >= 11 is 0. The molecule has 2 atom stereocenters. The van der Waals surface area contributed by atoms with Crippen LogP contribution < -0.4 is 21.1 Å². The van der Waals surface area contributed by atoms with E-state index in [9.17, 15) is 27.6 Å². The lowest BCUT2D eigenvalue weighted by atomic mass is 9.98. The number of unbranched alkanes of at least 4 members (excludes halogenated alkanes) is 1. The van der Waals surface area contributed by atoms with Crippen LogP contribution in [-0.4, -0.2) is 98.3 Å². The number of likely N-dealkylation sites (tertiary alicyclic amines) is 1. The summed E-state index contributed by atoms with van der Waals surface area (Å²) in [6.07, 6.45) is 2.39. The molecule has 0 radical (unpaired) electrons. The number of rotatable bonds is 14. The van der Waals surface area contributed by atoms with Crippen molar-refractivity contribution >= 4 is 50.4 Å². The zero-order valence-electron chi connectivity index (χ0n) is 24.8. The number of carboxylic acid groups (broad SMARTS) is 1. The molecule has 7 N–H and O–H groups in total. The van der Waals surface area contributed by atoms with Crippen molar-refractivity contribution in [2.75, 3.05) is 39.3 Å². The number of nitrogens with one attached hydrogen (secondary N) is 4. The van der Waals surface area contributed by atoms with Crippen LogP contribution in [0.15, 0.2) is 47.4 Å². The molecule has 0 unspecified atom stereocenters. The van der Waals surface area contributed by atoms with E-state index in [0.29, 0.717) is 31.3 Å². The van der Waals surface area contributed by atoms with Crippen molar-refractivity contribution in [1.82, 2.24) is 25.2 Å². The van der Waals surface area contributed by atoms with E-state index < -0.39 is 46.2 Å². The molecule has 240 valence electrons. The Kier molecular flexibility index (Phi) is 12.5. The lowest BCUT2D eigenvalue weighted by molar-refractivity contribution is -0.150. The van der Waals surface area contributed by atoms with Gasteiger partial charge in [0.2, 0.25) is 21.8 Å². The number of fused-ring (bicyclic) bond motifs is 1. The van der Waals surface area contributed by atoms with E-state index in [2.05, 4.69) is 15.4 Å². The Labute approximate surface area is 256 Å². The third-order valence-corrected chi connectivity index (χ3v) is 8.89. The Morgan fingerprint density at radius 2 is 1.84 bits per heavy atom. The van der Waals surface area contributed by atoms with Gasteiger partial charge in [-0.2, -0.15) is 4.72 Å². The number of aliphatic carboxylic acids is 1. The molecule has 0 aromatic heterocycles. The molecule has 3 rings (SSSR count). The van der Waals surface area contributed by atoms with Gasteiger partial charge in [-0.05, 0) is 48.1 Å². The van der Waals surface area contributed by atoms with Crippen molar-refractivity contribution in [2.24, 2.45) is 11.7 Å². The summed E-state index contributed by atoms with van der Waals surface area (Å²) in [7, 11) is -4.26. The van der Waals surface area contributed by atoms with E-state index in [0.717, 1.165) is 18.2 Å². The number of nitrogens with two attached hydrogens (primary N) is 1. The average Bonchev–Trinajstić information content (AvgIpc) is 3.00. The number of sulfonamides is 1. The second-order valence-corrected chi connectivity index (χ2v) is 12.5. The number of carbonyl (C=O) groups is 4. The van der Waals surface area contributed by atoms with Crippen LogP contribution in [0.25, 0.3) is 10.8 Å². The summed E-state index contributed by atoms with van der Waals surface area (Å²) in [5.41, 5.74) is 5.61. The molecule has 1 fully saturated rings. The molecule has 0 spiro atoms. The van der Waals surface area contributed by atoms with Crippen LogP contribution in [0.4, 0.5) is 0 Å². The maximum atomic E-state index is 13.8. The molecule has 1 heterocycles. The highest BCUT2D eigenvalue weighted by Gasteiger charge is 2.32. The highest BCUT2D eigenvalue weighted by Crippen LogP contribution is 2.20. The first kappa shape index (κ1) is 34.3. The molecule has 1 aliphatic rings. The van der Waals surface area contributed by atoms with Gasteiger partial charge in [-0.3, -0.25) is 19.8 Å². The van der Waals surface area contributed by atoms with Crippen LogP contribution in [0.5, 0.6) is 0 Å². The van der Waals surface area contributed by atoms with Gasteiger partial charge in [-0.15, -0.1) is 0 Å². The van der Waals surface area contributed by atoms with Gasteiger partial charge < -0.3 is 31.3 Å². The van der Waals surface area contributed by atoms with Crippen molar-refractivity contribution in [2.45, 2.75) is 50.0 Å². The molecule has 2 aromatic carbocycles. The Morgan fingerprint density at radius 1 is 1.11 bits per heavy atom. The van der Waals surface area contributed by atoms with Gasteiger partial charge in [0.1, 0.15) is 6.04 Å². The molecule has 2 aromatic rings. The quantitative estimate of drug-likeness (QED) is 0.0967. The maximum Gasteiger partial charge on any atom is 0.394 e. The number of hydrogen-bond donors (Lipinski definition) is 6. The summed E-state index contributed by atoms with van der Waals surface area (Å²) in [6.45, 7) is 3.27. The lowest BCUT2D eigenvalue weighted by Crippen LogP contribution is -2.52. The molecule has 1 saturated heterocycles. The Hall–Kier alpha value is -4.24. The molecular weight excluding hydrogens is 590 g/mol. The monoisotopic (exact) mass is 631 g/mol. The first-order valence-electron chi connectivity index (χ1n) is 14.6. The van der Waals surface area contributed by atoms with Crippen molar-refractivity contribution in [1.29, 1.82) is 5.41 Å². The summed E-state index contributed by atoms with van der Waals surface area (Å²) in [5, 5.41) is 23.0. The number of guanidine groups is 1. The molecule has 0 bridgehead atoms. The number of piperidine rings is 1. The number of benzene rings is 2. The van der Waals surface area contributed by atoms with E-state index in [4.69, 9.17) is 16.2 Å². The highest BCUT2D eigenvalue weighted by molar-refractivity contribution is 7.89. The van der Waals surface area contributed by atoms with Crippen molar-refractivity contribution in [3.05, 3.63) is 42.5 Å². The van der Waals surface area contributed by atoms with Crippen LogP contribution >= 0.6 is 0 Å². The van der Waals surface area contributed by atoms with Crippen LogP contribution in [0.3, 0.4) is 0 Å². The standard InChI is InChI=1S/C29H41N7O7S/c1-2-3-13-35(15-12-32-26(38)28(40)41)27(39)24(17-25(37)33-18-20-7-6-14-36(19-20)29(30)31)34-44(42,43)23-11-10-21-8-4-5-9-22(21)16-23/h4-5,8-11,16,20,24,34H,2-3,6-7,12-15,17-19H2,1H3,(H3,30,31)(H,32,38)(H,33,37)(H,40,41)/t20-,24-/m0/s1. The average molecular weight is 632 g/mol. The fourth-order valence-electron chi connectivity index (χ4n) is 5.02. The predicted molar refractivity (Wildman–Crippen MR) is 164 cm³/mol. The van der Waals surface area contributed by atoms with Gasteiger partial charge in [0.05, 0.1) is 11.3 Å². The smallest absolute Gasteiger partial charge is 0.394 e. The fourth-order valence-corrected chi connectivity index (χ4v) is 6.24. The highest BCUT2D eigenvalue weighted by atomic mass is 32.2. The summed E-state index contributed by atoms with van der Waals surface area (Å²) in [4.78, 5) is 52.2. The van der Waals surface area contributed by atoms with E-state index in [1.54, 1.807) is 23.1 Å². The van der Waals surface area contributed by atoms with E-state index in [1.165, 1.54) is 17.0 Å². The molecule has 0 aliphatic carbocycles. The van der Waals surface area contributed by atoms with Gasteiger partial charge in [0.25, 0.3) is 0 Å². The van der Waals surface area contributed by atoms with Crippen LogP contribution in [0.2, 0.25) is 0 Å². The van der Waals surface area contributed by atoms with Gasteiger partial charge >= 0.3 is 11.9 Å². The molecule has 15 heteroatoms. The molecule has 3 amide bonds. The second-order valence-electron chi connectivity index (χ2n) is 10.8. The van der Waals surface area contributed by atoms with E-state index in [-0.39, 0.29) is 43.0 Å². The second kappa shape index (κ2) is 16.0. The molecular formula is C29H41N7O7S. The van der Waals surface area contributed by atoms with Crippen LogP contribution in [0, 0.1) is 11.3 Å². The minimum Gasteiger partial charge on any atom is -0.474 e. The minimum absolute atomic E-state index is 0.0268. The van der Waals surface area contributed by atoms with Crippen molar-refractivity contribution in [3.8, 4) is 0 Å². The zero-order chi connectivity index (χ0) is 32.3. The van der Waals surface area contributed by atoms with Gasteiger partial charge in [-0.25, -0.2) is 13.2 Å². The summed E-state index contributed by atoms with van der Waals surface area (Å²) < 4.78 is 29.5. The van der Waals surface area contributed by atoms with E-state index >= 15 is 0 Å². The Balaban J connectivity index is 1.80. The van der Waals surface area contributed by atoms with Crippen molar-refractivity contribution in [3.63, 3.8) is 0 Å². The molecule has 0 saturated carbocycles. The number of nitrogens with zero attached hydrogens (tertiary/aromatic N) is 2. The van der Waals surface area contributed by atoms with Crippen LogP contribution in [0.1, 0.15) is 39.0 Å². The molecule has 1 aliphatic heterocycles. The molecule has 44 heavy (non-hydrogen) atoms. The summed E-state index contributed by atoms with van der Waals surface area (Å²) in [5.74, 6) is -4.13. The Morgan fingerprint density at radius 3 is 2.52 bits per heavy atom. The number of hydrogen-bond acceptors (Lipinski definition) is 7. The fraction of sp³-hybridized carbons (Fsp3) is 0.483. The predicted octanol–water partition coefficient (Wildman–Crippen LogP) is 0.428. The van der Waals surface area contributed by atoms with Gasteiger partial charge in [-0.1, -0.05) is 43.7 Å². The largest absolute Gasteiger partial charge is 0.474 e. The normalized spacial score (nSPS) is 15.8. The molecule has 14 nitrogen and oxygen atoms in total. The topological polar surface area (TPSA) is 215 Å². The summed E-state index contributed by atoms with van der Waals surface area (Å²) in [6, 6.07) is 10.3. The van der Waals surface area contributed by atoms with Gasteiger partial charge in [0, 0.05) is 39.3 Å². The third kappa shape index (κ3) is 9.91. The Bertz CT molecular complexity index is 1470. The maximum absolute atomic E-state index is 13.8. The zero-order valence-corrected chi connectivity index (χ0v) is 25.6. The SMILES string of the molecule is CCCCN(CCNC(=O)C(=O)O)C(=O)[C@H](CC(=O)NC[C@@H]1CCCN(C(=N)N)C1)NS(=O)(=O)c1ccc2ccccc2c1. The number of carbonyl (C=O) groups excluding carboxylic acids is 3. The van der Waals surface area contributed by atoms with E-state index in [1.807, 2.05) is 19.1 Å². The first-order chi connectivity index (χ1) is 20.9. The third-order valence-electron chi connectivity index (χ3n) is 7.42.